The Morgan fingerprint density at radius 3 is 2.26 bits per heavy atom. The molecule has 34 heavy (non-hydrogen) atoms. The van der Waals surface area contributed by atoms with Crippen molar-refractivity contribution in [2.75, 3.05) is 36.4 Å². The molecule has 8 nitrogen and oxygen atoms in total. The molecule has 2 heterocycles. The molecule has 8 heteroatoms. The molecule has 4 rings (SSSR count). The normalized spacial score (nSPS) is 16.9. The van der Waals surface area contributed by atoms with Crippen molar-refractivity contribution < 1.29 is 14.4 Å². The van der Waals surface area contributed by atoms with E-state index in [4.69, 9.17) is 0 Å². The number of urea groups is 1. The molecule has 2 saturated heterocycles. The van der Waals surface area contributed by atoms with Gasteiger partial charge in [0.05, 0.1) is 0 Å². The number of piperazine rings is 1. The molecule has 0 unspecified atom stereocenters. The fourth-order valence-electron chi connectivity index (χ4n) is 4.56. The first-order valence-electron chi connectivity index (χ1n) is 12.1. The highest BCUT2D eigenvalue weighted by Gasteiger charge is 2.30. The fraction of sp³-hybridized carbons (Fsp3) is 0.423. The molecule has 0 bridgehead atoms. The number of imide groups is 1. The van der Waals surface area contributed by atoms with Crippen LogP contribution in [0.2, 0.25) is 0 Å². The summed E-state index contributed by atoms with van der Waals surface area (Å²) in [7, 11) is 0. The van der Waals surface area contributed by atoms with Crippen molar-refractivity contribution in [2.24, 2.45) is 5.92 Å². The molecule has 2 aliphatic rings. The van der Waals surface area contributed by atoms with E-state index in [-0.39, 0.29) is 19.6 Å². The molecule has 0 atom stereocenters. The van der Waals surface area contributed by atoms with Crippen LogP contribution >= 0.6 is 0 Å². The van der Waals surface area contributed by atoms with E-state index in [2.05, 4.69) is 52.0 Å². The van der Waals surface area contributed by atoms with Gasteiger partial charge in [0, 0.05) is 49.8 Å². The minimum Gasteiger partial charge on any atom is -0.372 e. The third-order valence-electron chi connectivity index (χ3n) is 6.54. The quantitative estimate of drug-likeness (QED) is 0.546. The van der Waals surface area contributed by atoms with E-state index in [0.717, 1.165) is 40.8 Å². The summed E-state index contributed by atoms with van der Waals surface area (Å²) < 4.78 is 0. The third-order valence-corrected chi connectivity index (χ3v) is 6.54. The SMILES string of the molecule is CCCC1CCN(c2ccc(Nc3ccc(CNC(=O)N4CCNC(=O)C4=O)cc3)cc2)CC1. The van der Waals surface area contributed by atoms with Crippen molar-refractivity contribution >= 4 is 34.9 Å². The lowest BCUT2D eigenvalue weighted by Crippen LogP contribution is -2.56. The second-order valence-corrected chi connectivity index (χ2v) is 8.96. The predicted octanol–water partition coefficient (Wildman–Crippen LogP) is 3.61. The number of hydrogen-bond donors (Lipinski definition) is 3. The summed E-state index contributed by atoms with van der Waals surface area (Å²) in [5, 5.41) is 8.53. The molecule has 0 spiro atoms. The average molecular weight is 464 g/mol. The van der Waals surface area contributed by atoms with Crippen LogP contribution in [0.4, 0.5) is 21.9 Å². The zero-order valence-corrected chi connectivity index (χ0v) is 19.7. The molecular formula is C26H33N5O3. The molecule has 0 saturated carbocycles. The first kappa shape index (κ1) is 23.6. The molecule has 180 valence electrons. The highest BCUT2D eigenvalue weighted by Crippen LogP contribution is 2.27. The van der Waals surface area contributed by atoms with Gasteiger partial charge in [0.25, 0.3) is 0 Å². The van der Waals surface area contributed by atoms with Gasteiger partial charge in [0.15, 0.2) is 0 Å². The first-order valence-corrected chi connectivity index (χ1v) is 12.1. The van der Waals surface area contributed by atoms with Gasteiger partial charge in [-0.2, -0.15) is 0 Å². The summed E-state index contributed by atoms with van der Waals surface area (Å²) in [4.78, 5) is 38.8. The van der Waals surface area contributed by atoms with Crippen molar-refractivity contribution in [3.8, 4) is 0 Å². The number of nitrogens with zero attached hydrogens (tertiary/aromatic N) is 2. The number of anilines is 3. The standard InChI is InChI=1S/C26H33N5O3/c1-2-3-19-12-15-30(16-13-19)23-10-8-22(9-11-23)29-21-6-4-20(5-7-21)18-28-26(34)31-17-14-27-24(32)25(31)33/h4-11,19,29H,2-3,12-18H2,1H3,(H,27,32)(H,28,34). The molecule has 2 aromatic carbocycles. The van der Waals surface area contributed by atoms with Gasteiger partial charge in [0.2, 0.25) is 0 Å². The van der Waals surface area contributed by atoms with Gasteiger partial charge in [-0.25, -0.2) is 4.79 Å². The van der Waals surface area contributed by atoms with E-state index in [1.54, 1.807) is 0 Å². The van der Waals surface area contributed by atoms with Crippen LogP contribution in [0.3, 0.4) is 0 Å². The first-order chi connectivity index (χ1) is 16.5. The Hall–Kier alpha value is -3.55. The second kappa shape index (κ2) is 11.0. The largest absolute Gasteiger partial charge is 0.372 e. The summed E-state index contributed by atoms with van der Waals surface area (Å²) in [5.74, 6) is -0.691. The maximum absolute atomic E-state index is 12.2. The summed E-state index contributed by atoms with van der Waals surface area (Å²) >= 11 is 0. The summed E-state index contributed by atoms with van der Waals surface area (Å²) in [5.41, 5.74) is 4.14. The van der Waals surface area contributed by atoms with Crippen molar-refractivity contribution in [1.29, 1.82) is 0 Å². The zero-order valence-electron chi connectivity index (χ0n) is 19.7. The highest BCUT2D eigenvalue weighted by molar-refractivity contribution is 6.38. The van der Waals surface area contributed by atoms with Crippen LogP contribution in [0.1, 0.15) is 38.2 Å². The van der Waals surface area contributed by atoms with Gasteiger partial charge in [-0.15, -0.1) is 0 Å². The van der Waals surface area contributed by atoms with E-state index in [1.807, 2.05) is 24.3 Å². The lowest BCUT2D eigenvalue weighted by molar-refractivity contribution is -0.145. The van der Waals surface area contributed by atoms with E-state index in [0.29, 0.717) is 0 Å². The van der Waals surface area contributed by atoms with Gasteiger partial charge in [-0.3, -0.25) is 14.5 Å². The van der Waals surface area contributed by atoms with E-state index in [1.165, 1.54) is 31.4 Å². The lowest BCUT2D eigenvalue weighted by atomic mass is 9.92. The van der Waals surface area contributed by atoms with Crippen molar-refractivity contribution in [1.82, 2.24) is 15.5 Å². The Morgan fingerprint density at radius 2 is 1.62 bits per heavy atom. The molecule has 0 radical (unpaired) electrons. The zero-order chi connectivity index (χ0) is 23.9. The van der Waals surface area contributed by atoms with Crippen molar-refractivity contribution in [3.63, 3.8) is 0 Å². The number of hydrogen-bond acceptors (Lipinski definition) is 5. The molecule has 4 amide bonds. The molecule has 0 aliphatic carbocycles. The maximum Gasteiger partial charge on any atom is 0.324 e. The van der Waals surface area contributed by atoms with Crippen LogP contribution < -0.4 is 20.9 Å². The number of nitrogens with one attached hydrogen (secondary N) is 3. The van der Waals surface area contributed by atoms with E-state index >= 15 is 0 Å². The Balaban J connectivity index is 1.25. The fourth-order valence-corrected chi connectivity index (χ4v) is 4.56. The Bertz CT molecular complexity index is 998. The molecule has 0 aromatic heterocycles. The van der Waals surface area contributed by atoms with Crippen LogP contribution in [-0.2, 0) is 16.1 Å². The van der Waals surface area contributed by atoms with Gasteiger partial charge in [-0.05, 0) is 60.7 Å². The van der Waals surface area contributed by atoms with Gasteiger partial charge in [0.1, 0.15) is 0 Å². The molecule has 2 fully saturated rings. The van der Waals surface area contributed by atoms with Gasteiger partial charge in [-0.1, -0.05) is 31.9 Å². The van der Waals surface area contributed by atoms with Crippen LogP contribution in [0.25, 0.3) is 0 Å². The van der Waals surface area contributed by atoms with Crippen LogP contribution in [0.5, 0.6) is 0 Å². The van der Waals surface area contributed by atoms with Crippen LogP contribution in [0, 0.1) is 5.92 Å². The van der Waals surface area contributed by atoms with E-state index < -0.39 is 17.8 Å². The third kappa shape index (κ3) is 5.87. The minimum atomic E-state index is -0.824. The average Bonchev–Trinajstić information content (AvgIpc) is 2.86. The predicted molar refractivity (Wildman–Crippen MR) is 133 cm³/mol. The Kier molecular flexibility index (Phi) is 7.67. The number of amides is 4. The van der Waals surface area contributed by atoms with Crippen LogP contribution in [0.15, 0.2) is 48.5 Å². The summed E-state index contributed by atoms with van der Waals surface area (Å²) in [6.45, 7) is 5.26. The number of piperidine rings is 1. The highest BCUT2D eigenvalue weighted by atomic mass is 16.2. The van der Waals surface area contributed by atoms with Gasteiger partial charge >= 0.3 is 17.8 Å². The molecular weight excluding hydrogens is 430 g/mol. The minimum absolute atomic E-state index is 0.176. The van der Waals surface area contributed by atoms with Crippen molar-refractivity contribution in [2.45, 2.75) is 39.2 Å². The summed E-state index contributed by atoms with van der Waals surface area (Å²) in [6.07, 6.45) is 5.19. The maximum atomic E-state index is 12.2. The number of benzene rings is 2. The second-order valence-electron chi connectivity index (χ2n) is 8.96. The monoisotopic (exact) mass is 463 g/mol. The Labute approximate surface area is 200 Å². The molecule has 3 N–H and O–H groups in total. The number of carbonyl (C=O) groups is 3. The van der Waals surface area contributed by atoms with Gasteiger partial charge < -0.3 is 20.9 Å². The van der Waals surface area contributed by atoms with E-state index in [9.17, 15) is 14.4 Å². The smallest absolute Gasteiger partial charge is 0.324 e. The molecule has 2 aromatic rings. The topological polar surface area (TPSA) is 93.8 Å². The van der Waals surface area contributed by atoms with Crippen molar-refractivity contribution in [3.05, 3.63) is 54.1 Å². The molecule has 2 aliphatic heterocycles. The lowest BCUT2D eigenvalue weighted by Gasteiger charge is -2.33. The summed E-state index contributed by atoms with van der Waals surface area (Å²) in [6, 6.07) is 15.7. The Morgan fingerprint density at radius 1 is 0.971 bits per heavy atom. The number of carbonyl (C=O) groups excluding carboxylic acids is 3. The van der Waals surface area contributed by atoms with Crippen LogP contribution in [-0.4, -0.2) is 48.9 Å². The number of rotatable bonds is 7.